The van der Waals surface area contributed by atoms with Crippen molar-refractivity contribution in [2.24, 2.45) is 5.73 Å². The normalized spacial score (nSPS) is 14.7. The molecule has 0 aromatic heterocycles. The molecule has 0 heterocycles. The van der Waals surface area contributed by atoms with Crippen molar-refractivity contribution >= 4 is 23.2 Å². The molecule has 2 atom stereocenters. The van der Waals surface area contributed by atoms with Gasteiger partial charge in [-0.2, -0.15) is 0 Å². The van der Waals surface area contributed by atoms with E-state index in [1.807, 2.05) is 0 Å². The zero-order chi connectivity index (χ0) is 13.0. The highest BCUT2D eigenvalue weighted by Crippen LogP contribution is 2.30. The molecule has 1 aromatic carbocycles. The maximum Gasteiger partial charge on any atom is 0.142 e. The third-order valence-corrected chi connectivity index (χ3v) is 2.92. The summed E-state index contributed by atoms with van der Waals surface area (Å²) in [4.78, 5) is 0. The van der Waals surface area contributed by atoms with E-state index in [2.05, 4.69) is 0 Å². The summed E-state index contributed by atoms with van der Waals surface area (Å²) in [6, 6.07) is 2.04. The highest BCUT2D eigenvalue weighted by molar-refractivity contribution is 6.35. The van der Waals surface area contributed by atoms with E-state index in [0.717, 1.165) is 6.07 Å². The van der Waals surface area contributed by atoms with Gasteiger partial charge in [-0.25, -0.2) is 4.39 Å². The van der Waals surface area contributed by atoms with Crippen LogP contribution in [-0.4, -0.2) is 24.9 Å². The van der Waals surface area contributed by atoms with Crippen LogP contribution in [0.3, 0.4) is 0 Å². The van der Waals surface area contributed by atoms with Crippen molar-refractivity contribution in [3.8, 4) is 0 Å². The summed E-state index contributed by atoms with van der Waals surface area (Å²) in [7, 11) is 1.52. The number of aliphatic hydroxyl groups excluding tert-OH is 1. The second-order valence-electron chi connectivity index (χ2n) is 3.75. The molecule has 0 radical (unpaired) electrons. The van der Waals surface area contributed by atoms with Gasteiger partial charge in [-0.1, -0.05) is 23.2 Å². The number of benzene rings is 1. The summed E-state index contributed by atoms with van der Waals surface area (Å²) in [6.07, 6.45) is -0.714. The van der Waals surface area contributed by atoms with Crippen LogP contribution in [0.4, 0.5) is 4.39 Å². The molecule has 17 heavy (non-hydrogen) atoms. The third kappa shape index (κ3) is 4.08. The fourth-order valence-corrected chi connectivity index (χ4v) is 2.00. The van der Waals surface area contributed by atoms with E-state index >= 15 is 0 Å². The molecule has 6 heteroatoms. The Kier molecular flexibility index (Phi) is 5.62. The van der Waals surface area contributed by atoms with Crippen LogP contribution in [0.25, 0.3) is 0 Å². The molecular weight excluding hydrogens is 268 g/mol. The van der Waals surface area contributed by atoms with Gasteiger partial charge < -0.3 is 15.6 Å². The van der Waals surface area contributed by atoms with Crippen molar-refractivity contribution in [3.63, 3.8) is 0 Å². The number of hydrogen-bond acceptors (Lipinski definition) is 3. The van der Waals surface area contributed by atoms with Crippen LogP contribution in [0.2, 0.25) is 10.0 Å². The largest absolute Gasteiger partial charge is 0.388 e. The van der Waals surface area contributed by atoms with Gasteiger partial charge >= 0.3 is 0 Å². The third-order valence-electron chi connectivity index (χ3n) is 2.31. The summed E-state index contributed by atoms with van der Waals surface area (Å²) in [5, 5.41) is 10.0. The highest BCUT2D eigenvalue weighted by atomic mass is 35.5. The topological polar surface area (TPSA) is 55.5 Å². The minimum atomic E-state index is -0.945. The first-order valence-corrected chi connectivity index (χ1v) is 5.78. The van der Waals surface area contributed by atoms with Crippen molar-refractivity contribution in [2.45, 2.75) is 18.6 Å². The number of ether oxygens (including phenoxy) is 1. The SMILES string of the molecule is COCC(N)CC(O)c1cc(F)c(Cl)cc1Cl. The maximum atomic E-state index is 13.2. The first-order valence-electron chi connectivity index (χ1n) is 5.02. The Labute approximate surface area is 109 Å². The first kappa shape index (κ1) is 14.7. The fraction of sp³-hybridized carbons (Fsp3) is 0.455. The number of rotatable bonds is 5. The molecule has 0 aliphatic carbocycles. The summed E-state index contributed by atoms with van der Waals surface area (Å²) in [5.41, 5.74) is 5.97. The van der Waals surface area contributed by atoms with Crippen LogP contribution in [0.1, 0.15) is 18.1 Å². The van der Waals surface area contributed by atoms with Gasteiger partial charge in [0, 0.05) is 23.7 Å². The fourth-order valence-electron chi connectivity index (χ4n) is 1.49. The Bertz CT molecular complexity index is 390. The quantitative estimate of drug-likeness (QED) is 0.816. The van der Waals surface area contributed by atoms with Crippen LogP contribution in [0.5, 0.6) is 0 Å². The van der Waals surface area contributed by atoms with Gasteiger partial charge in [-0.05, 0) is 18.6 Å². The zero-order valence-corrected chi connectivity index (χ0v) is 10.8. The lowest BCUT2D eigenvalue weighted by Crippen LogP contribution is -2.27. The molecule has 3 N–H and O–H groups in total. The molecule has 0 fully saturated rings. The van der Waals surface area contributed by atoms with Gasteiger partial charge in [-0.3, -0.25) is 0 Å². The minimum absolute atomic E-state index is 0.0767. The lowest BCUT2D eigenvalue weighted by Gasteiger charge is -2.17. The molecule has 3 nitrogen and oxygen atoms in total. The molecule has 0 amide bonds. The summed E-state index contributed by atoms with van der Waals surface area (Å²) >= 11 is 11.4. The molecule has 1 aromatic rings. The minimum Gasteiger partial charge on any atom is -0.388 e. The smallest absolute Gasteiger partial charge is 0.142 e. The van der Waals surface area contributed by atoms with Crippen LogP contribution < -0.4 is 5.73 Å². The lowest BCUT2D eigenvalue weighted by molar-refractivity contribution is 0.122. The Balaban J connectivity index is 2.81. The van der Waals surface area contributed by atoms with Gasteiger partial charge in [0.05, 0.1) is 17.7 Å². The Hall–Kier alpha value is -0.390. The van der Waals surface area contributed by atoms with Crippen LogP contribution in [0.15, 0.2) is 12.1 Å². The molecule has 96 valence electrons. The van der Waals surface area contributed by atoms with Crippen molar-refractivity contribution < 1.29 is 14.2 Å². The first-order chi connectivity index (χ1) is 7.95. The average molecular weight is 282 g/mol. The van der Waals surface area contributed by atoms with E-state index in [1.54, 1.807) is 0 Å². The second-order valence-corrected chi connectivity index (χ2v) is 4.57. The van der Waals surface area contributed by atoms with Gasteiger partial charge in [0.1, 0.15) is 5.82 Å². The van der Waals surface area contributed by atoms with Gasteiger partial charge in [0.25, 0.3) is 0 Å². The van der Waals surface area contributed by atoms with E-state index in [1.165, 1.54) is 13.2 Å². The number of nitrogens with two attached hydrogens (primary N) is 1. The van der Waals surface area contributed by atoms with E-state index < -0.39 is 11.9 Å². The Morgan fingerprint density at radius 2 is 2.06 bits per heavy atom. The van der Waals surface area contributed by atoms with E-state index in [0.29, 0.717) is 6.61 Å². The predicted octanol–water partition coefficient (Wildman–Crippen LogP) is 2.53. The molecule has 0 bridgehead atoms. The van der Waals surface area contributed by atoms with Crippen molar-refractivity contribution in [1.29, 1.82) is 0 Å². The highest BCUT2D eigenvalue weighted by Gasteiger charge is 2.17. The van der Waals surface area contributed by atoms with Crippen LogP contribution in [-0.2, 0) is 4.74 Å². The van der Waals surface area contributed by atoms with E-state index in [9.17, 15) is 9.50 Å². The predicted molar refractivity (Wildman–Crippen MR) is 65.8 cm³/mol. The van der Waals surface area contributed by atoms with Crippen LogP contribution >= 0.6 is 23.2 Å². The summed E-state index contributed by atoms with van der Waals surface area (Å²) < 4.78 is 18.1. The van der Waals surface area contributed by atoms with Crippen LogP contribution in [0, 0.1) is 5.82 Å². The maximum absolute atomic E-state index is 13.2. The number of hydrogen-bond donors (Lipinski definition) is 2. The van der Waals surface area contributed by atoms with Crippen molar-refractivity contribution in [1.82, 2.24) is 0 Å². The monoisotopic (exact) mass is 281 g/mol. The molecule has 0 spiro atoms. The lowest BCUT2D eigenvalue weighted by atomic mass is 10.0. The summed E-state index contributed by atoms with van der Waals surface area (Å²) in [6.45, 7) is 0.310. The van der Waals surface area contributed by atoms with Gasteiger partial charge in [0.15, 0.2) is 0 Å². The number of methoxy groups -OCH3 is 1. The van der Waals surface area contributed by atoms with Crippen molar-refractivity contribution in [3.05, 3.63) is 33.6 Å². The number of halogens is 3. The second kappa shape index (κ2) is 6.52. The average Bonchev–Trinajstić information content (AvgIpc) is 2.23. The number of aliphatic hydroxyl groups is 1. The van der Waals surface area contributed by atoms with Gasteiger partial charge in [0.2, 0.25) is 0 Å². The molecular formula is C11H14Cl2FNO2. The molecule has 0 aliphatic heterocycles. The van der Waals surface area contributed by atoms with E-state index in [-0.39, 0.29) is 28.1 Å². The standard InChI is InChI=1S/C11H14Cl2FNO2/c1-17-5-6(15)2-11(16)7-3-10(14)9(13)4-8(7)12/h3-4,6,11,16H,2,5,15H2,1H3. The molecule has 0 saturated carbocycles. The summed E-state index contributed by atoms with van der Waals surface area (Å²) in [5.74, 6) is -0.620. The molecule has 0 saturated heterocycles. The Morgan fingerprint density at radius 1 is 1.41 bits per heavy atom. The zero-order valence-electron chi connectivity index (χ0n) is 9.29. The van der Waals surface area contributed by atoms with Crippen molar-refractivity contribution in [2.75, 3.05) is 13.7 Å². The molecule has 1 rings (SSSR count). The molecule has 2 unspecified atom stereocenters. The van der Waals surface area contributed by atoms with E-state index in [4.69, 9.17) is 33.7 Å². The Morgan fingerprint density at radius 3 is 2.65 bits per heavy atom. The van der Waals surface area contributed by atoms with Gasteiger partial charge in [-0.15, -0.1) is 0 Å². The molecule has 0 aliphatic rings.